The van der Waals surface area contributed by atoms with Crippen LogP contribution in [0.2, 0.25) is 0 Å². The van der Waals surface area contributed by atoms with Crippen LogP contribution in [0.1, 0.15) is 239 Å². The quantitative estimate of drug-likeness (QED) is 0.0205. The first kappa shape index (κ1) is 73.4. The zero-order valence-electron chi connectivity index (χ0n) is 50.2. The Balaban J connectivity index is 5.32. The molecule has 2 N–H and O–H groups in total. The number of nitrogens with zero attached hydrogens (tertiary/aromatic N) is 1. The number of ether oxygens (including phenoxy) is 1. The monoisotopic (exact) mass is 1090 g/mol. The molecule has 3 unspecified atom stereocenters. The number of nitrogens with one attached hydrogen (secondary N) is 1. The fraction of sp³-hybridized carbons (Fsp3) is 0.672. The molecule has 0 radical (unpaired) electrons. The highest BCUT2D eigenvalue weighted by molar-refractivity contribution is 7.47. The lowest BCUT2D eigenvalue weighted by Crippen LogP contribution is -2.47. The second-order valence-electron chi connectivity index (χ2n) is 21.5. The van der Waals surface area contributed by atoms with Crippen LogP contribution in [0.5, 0.6) is 0 Å². The highest BCUT2D eigenvalue weighted by Crippen LogP contribution is 2.43. The molecule has 0 saturated heterocycles. The van der Waals surface area contributed by atoms with E-state index in [0.29, 0.717) is 30.3 Å². The van der Waals surface area contributed by atoms with E-state index >= 15 is 0 Å². The number of quaternary nitrogens is 1. The van der Waals surface area contributed by atoms with E-state index in [0.717, 1.165) is 122 Å². The second-order valence-corrected chi connectivity index (χ2v) is 22.9. The lowest BCUT2D eigenvalue weighted by Gasteiger charge is -2.27. The fourth-order valence-electron chi connectivity index (χ4n) is 8.12. The van der Waals surface area contributed by atoms with Crippen molar-refractivity contribution in [3.63, 3.8) is 0 Å². The standard InChI is InChI=1S/C67H115N2O7P/c1-7-10-13-16-19-22-25-27-29-31-32-33-34-35-36-38-39-41-44-47-50-53-56-59-66(70)68-64(63-75-77(72,73)74-62-61-69(4,5)6)65(58-55-52-49-46-43-24-21-18-15-12-9-3)76-67(71)60-57-54-51-48-45-42-40-37-30-28-26-23-20-17-14-11-8-2/h10,13,19-20,22-23,27-30,32-33,35-36,39-42,55,58,64-65H,7-9,11-12,14-18,21,24-26,31,34,37-38,43-54,56-57,59-63H2,1-6H3,(H-,68,70,72,73)/p+1/b13-10-,22-19-,23-20-,29-27-,30-28-,33-32-,36-35-,41-39-,42-40-,58-55-. The summed E-state index contributed by atoms with van der Waals surface area (Å²) < 4.78 is 30.6. The van der Waals surface area contributed by atoms with Crippen LogP contribution in [0.15, 0.2) is 122 Å². The van der Waals surface area contributed by atoms with Crippen molar-refractivity contribution in [3.05, 3.63) is 122 Å². The molecule has 3 atom stereocenters. The largest absolute Gasteiger partial charge is 0.472 e. The summed E-state index contributed by atoms with van der Waals surface area (Å²) in [6.45, 7) is 6.81. The Kier molecular flexibility index (Phi) is 53.1. The Hall–Kier alpha value is -3.59. The number of carbonyl (C=O) groups is 2. The molecular weight excluding hydrogens is 976 g/mol. The van der Waals surface area contributed by atoms with Gasteiger partial charge < -0.3 is 19.4 Å². The molecule has 0 aliphatic carbocycles. The number of allylic oxidation sites excluding steroid dienone is 19. The average molecular weight is 1090 g/mol. The van der Waals surface area contributed by atoms with E-state index in [1.165, 1.54) is 70.6 Å². The Morgan fingerprint density at radius 3 is 1.27 bits per heavy atom. The summed E-state index contributed by atoms with van der Waals surface area (Å²) in [4.78, 5) is 37.7. The van der Waals surface area contributed by atoms with Crippen molar-refractivity contribution in [3.8, 4) is 0 Å². The van der Waals surface area contributed by atoms with Gasteiger partial charge in [0, 0.05) is 12.8 Å². The number of esters is 1. The molecule has 0 aromatic carbocycles. The number of rotatable bonds is 54. The highest BCUT2D eigenvalue weighted by Gasteiger charge is 2.30. The maximum absolute atomic E-state index is 13.5. The Labute approximate surface area is 473 Å². The third-order valence-electron chi connectivity index (χ3n) is 12.9. The molecule has 10 heteroatoms. The van der Waals surface area contributed by atoms with Gasteiger partial charge in [-0.15, -0.1) is 0 Å². The fourth-order valence-corrected chi connectivity index (χ4v) is 8.86. The predicted molar refractivity (Wildman–Crippen MR) is 332 cm³/mol. The summed E-state index contributed by atoms with van der Waals surface area (Å²) in [5.41, 5.74) is 0. The summed E-state index contributed by atoms with van der Waals surface area (Å²) in [6, 6.07) is -0.880. The molecule has 0 aromatic rings. The zero-order chi connectivity index (χ0) is 56.4. The maximum atomic E-state index is 13.5. The molecule has 0 aliphatic heterocycles. The van der Waals surface area contributed by atoms with Crippen LogP contribution in [-0.4, -0.2) is 74.3 Å². The summed E-state index contributed by atoms with van der Waals surface area (Å²) >= 11 is 0. The number of amides is 1. The molecule has 0 rings (SSSR count). The van der Waals surface area contributed by atoms with E-state index in [4.69, 9.17) is 13.8 Å². The van der Waals surface area contributed by atoms with Crippen molar-refractivity contribution in [2.45, 2.75) is 251 Å². The summed E-state index contributed by atoms with van der Waals surface area (Å²) in [5.74, 6) is -0.569. The molecule has 9 nitrogen and oxygen atoms in total. The lowest BCUT2D eigenvalue weighted by molar-refractivity contribution is -0.870. The van der Waals surface area contributed by atoms with Gasteiger partial charge in [0.2, 0.25) is 5.91 Å². The first-order valence-electron chi connectivity index (χ1n) is 30.9. The van der Waals surface area contributed by atoms with Gasteiger partial charge in [0.25, 0.3) is 0 Å². The van der Waals surface area contributed by atoms with Crippen LogP contribution < -0.4 is 5.32 Å². The van der Waals surface area contributed by atoms with Gasteiger partial charge in [-0.2, -0.15) is 0 Å². The van der Waals surface area contributed by atoms with Crippen LogP contribution in [0.25, 0.3) is 0 Å². The minimum absolute atomic E-state index is 0.0243. The van der Waals surface area contributed by atoms with Crippen molar-refractivity contribution in [1.82, 2.24) is 5.32 Å². The average Bonchev–Trinajstić information content (AvgIpc) is 3.39. The second kappa shape index (κ2) is 55.7. The first-order valence-corrected chi connectivity index (χ1v) is 32.4. The van der Waals surface area contributed by atoms with Gasteiger partial charge in [0.15, 0.2) is 0 Å². The summed E-state index contributed by atoms with van der Waals surface area (Å²) in [5, 5.41) is 3.03. The summed E-state index contributed by atoms with van der Waals surface area (Å²) in [6.07, 6.45) is 77.7. The molecule has 0 aromatic heterocycles. The first-order chi connectivity index (χ1) is 37.4. The number of carbonyl (C=O) groups excluding carboxylic acids is 2. The number of phosphoric ester groups is 1. The number of hydrogen-bond donors (Lipinski definition) is 2. The molecule has 1 amide bonds. The molecule has 0 spiro atoms. The van der Waals surface area contributed by atoms with E-state index in [1.54, 1.807) is 0 Å². The third kappa shape index (κ3) is 56.9. The van der Waals surface area contributed by atoms with E-state index in [2.05, 4.69) is 135 Å². The van der Waals surface area contributed by atoms with E-state index < -0.39 is 20.0 Å². The van der Waals surface area contributed by atoms with E-state index in [-0.39, 0.29) is 31.5 Å². The van der Waals surface area contributed by atoms with Crippen molar-refractivity contribution in [2.24, 2.45) is 0 Å². The lowest BCUT2D eigenvalue weighted by atomic mass is 10.1. The van der Waals surface area contributed by atoms with Crippen LogP contribution in [-0.2, 0) is 27.9 Å². The van der Waals surface area contributed by atoms with Crippen LogP contribution in [0, 0.1) is 0 Å². The molecule has 0 heterocycles. The molecule has 77 heavy (non-hydrogen) atoms. The molecule has 0 saturated carbocycles. The van der Waals surface area contributed by atoms with E-state index in [1.807, 2.05) is 33.3 Å². The third-order valence-corrected chi connectivity index (χ3v) is 13.9. The number of hydrogen-bond acceptors (Lipinski definition) is 6. The molecule has 0 bridgehead atoms. The van der Waals surface area contributed by atoms with Gasteiger partial charge in [-0.25, -0.2) is 4.57 Å². The van der Waals surface area contributed by atoms with Crippen molar-refractivity contribution in [2.75, 3.05) is 40.9 Å². The van der Waals surface area contributed by atoms with Gasteiger partial charge in [0.1, 0.15) is 19.3 Å². The van der Waals surface area contributed by atoms with Crippen molar-refractivity contribution < 1.29 is 37.3 Å². The van der Waals surface area contributed by atoms with Crippen molar-refractivity contribution >= 4 is 19.7 Å². The molecular formula is C67H116N2O7P+. The number of unbranched alkanes of at least 4 members (excludes halogenated alkanes) is 20. The zero-order valence-corrected chi connectivity index (χ0v) is 51.1. The minimum Gasteiger partial charge on any atom is -0.456 e. The predicted octanol–water partition coefficient (Wildman–Crippen LogP) is 19.1. The van der Waals surface area contributed by atoms with Gasteiger partial charge in [-0.3, -0.25) is 18.6 Å². The normalized spacial score (nSPS) is 14.5. The SMILES string of the molecule is CC/C=C\C/C=C\C/C=C\C/C=C\C/C=C\C/C=C\CCCCCCC(=O)NC(COP(=O)(O)OCC[N+](C)(C)C)C(/C=C\CCCCCCCCCCC)OC(=O)CCCCCC/C=C\C/C=C\C/C=C\CCCCC. The molecule has 0 aliphatic rings. The molecule has 440 valence electrons. The van der Waals surface area contributed by atoms with Gasteiger partial charge >= 0.3 is 13.8 Å². The molecule has 0 fully saturated rings. The smallest absolute Gasteiger partial charge is 0.456 e. The van der Waals surface area contributed by atoms with Gasteiger partial charge in [-0.05, 0) is 122 Å². The number of phosphoric acid groups is 1. The highest BCUT2D eigenvalue weighted by atomic mass is 31.2. The number of likely N-dealkylation sites (N-methyl/N-ethyl adjacent to an activating group) is 1. The summed E-state index contributed by atoms with van der Waals surface area (Å²) in [7, 11) is 1.45. The Morgan fingerprint density at radius 2 is 0.831 bits per heavy atom. The maximum Gasteiger partial charge on any atom is 0.472 e. The van der Waals surface area contributed by atoms with Crippen molar-refractivity contribution in [1.29, 1.82) is 0 Å². The Morgan fingerprint density at radius 1 is 0.468 bits per heavy atom. The van der Waals surface area contributed by atoms with Gasteiger partial charge in [0.05, 0.1) is 33.8 Å². The van der Waals surface area contributed by atoms with Crippen LogP contribution in [0.3, 0.4) is 0 Å². The van der Waals surface area contributed by atoms with Gasteiger partial charge in [-0.1, -0.05) is 226 Å². The minimum atomic E-state index is -4.47. The Bertz CT molecular complexity index is 1730. The van der Waals surface area contributed by atoms with Crippen LogP contribution >= 0.6 is 7.82 Å². The van der Waals surface area contributed by atoms with E-state index in [9.17, 15) is 19.0 Å². The van der Waals surface area contributed by atoms with Crippen LogP contribution in [0.4, 0.5) is 0 Å². The topological polar surface area (TPSA) is 111 Å².